The van der Waals surface area contributed by atoms with E-state index in [-0.39, 0.29) is 19.1 Å². The first-order chi connectivity index (χ1) is 5.68. The van der Waals surface area contributed by atoms with Crippen LogP contribution in [0.25, 0.3) is 0 Å². The van der Waals surface area contributed by atoms with Gasteiger partial charge in [-0.2, -0.15) is 0 Å². The molecule has 2 aliphatic rings. The van der Waals surface area contributed by atoms with E-state index in [9.17, 15) is 14.0 Å². The van der Waals surface area contributed by atoms with Gasteiger partial charge in [0.15, 0.2) is 6.17 Å². The van der Waals surface area contributed by atoms with Crippen molar-refractivity contribution in [1.82, 2.24) is 4.90 Å². The number of carbonyl (C=O) groups excluding carboxylic acids is 2. The van der Waals surface area contributed by atoms with Crippen LogP contribution in [0.4, 0.5) is 4.39 Å². The molecule has 2 atom stereocenters. The lowest BCUT2D eigenvalue weighted by atomic mass is 10.3. The van der Waals surface area contributed by atoms with Gasteiger partial charge in [0.1, 0.15) is 0 Å². The van der Waals surface area contributed by atoms with Gasteiger partial charge in [-0.15, -0.1) is 0 Å². The Kier molecular flexibility index (Phi) is 1.61. The average molecular weight is 173 g/mol. The van der Waals surface area contributed by atoms with Gasteiger partial charge in [0.25, 0.3) is 5.91 Å². The first kappa shape index (κ1) is 7.67. The van der Waals surface area contributed by atoms with E-state index in [0.717, 1.165) is 4.90 Å². The molecule has 0 spiro atoms. The van der Waals surface area contributed by atoms with Gasteiger partial charge in [-0.25, -0.2) is 4.39 Å². The number of nitrogens with zero attached hydrogens (tertiary/aromatic N) is 1. The van der Waals surface area contributed by atoms with Gasteiger partial charge in [-0.1, -0.05) is 0 Å². The summed E-state index contributed by atoms with van der Waals surface area (Å²) in [5.41, 5.74) is 0. The summed E-state index contributed by atoms with van der Waals surface area (Å²) in [7, 11) is 0. The molecular weight excluding hydrogens is 165 g/mol. The number of carbonyl (C=O) groups is 2. The Morgan fingerprint density at radius 1 is 1.58 bits per heavy atom. The van der Waals surface area contributed by atoms with Crippen LogP contribution in [0.15, 0.2) is 0 Å². The number of halogens is 1. The summed E-state index contributed by atoms with van der Waals surface area (Å²) in [5, 5.41) is 0. The molecule has 12 heavy (non-hydrogen) atoms. The summed E-state index contributed by atoms with van der Waals surface area (Å²) in [6.07, 6.45) is -1.98. The van der Waals surface area contributed by atoms with Gasteiger partial charge in [-0.3, -0.25) is 14.5 Å². The van der Waals surface area contributed by atoms with Crippen molar-refractivity contribution < 1.29 is 18.7 Å². The molecule has 66 valence electrons. The highest BCUT2D eigenvalue weighted by Gasteiger charge is 2.41. The molecule has 2 amide bonds. The van der Waals surface area contributed by atoms with Gasteiger partial charge >= 0.3 is 0 Å². The van der Waals surface area contributed by atoms with E-state index in [2.05, 4.69) is 0 Å². The molecule has 0 aliphatic carbocycles. The first-order valence-corrected chi connectivity index (χ1v) is 3.78. The second-order valence-corrected chi connectivity index (χ2v) is 2.97. The Labute approximate surface area is 68.3 Å². The summed E-state index contributed by atoms with van der Waals surface area (Å²) in [6.45, 7) is 0.784. The van der Waals surface area contributed by atoms with Crippen molar-refractivity contribution >= 4 is 11.8 Å². The van der Waals surface area contributed by atoms with Gasteiger partial charge in [-0.05, 0) is 0 Å². The lowest BCUT2D eigenvalue weighted by Gasteiger charge is -2.10. The molecule has 0 N–H and O–H groups in total. The lowest BCUT2D eigenvalue weighted by molar-refractivity contribution is -0.139. The minimum Gasteiger partial charge on any atom is -0.371 e. The molecule has 2 fully saturated rings. The Morgan fingerprint density at radius 3 is 2.67 bits per heavy atom. The molecule has 2 rings (SSSR count). The topological polar surface area (TPSA) is 49.9 Å². The van der Waals surface area contributed by atoms with Crippen LogP contribution in [0, 0.1) is 0 Å². The first-order valence-electron chi connectivity index (χ1n) is 3.78. The molecule has 2 unspecified atom stereocenters. The lowest BCUT2D eigenvalue weighted by Crippen LogP contribution is -2.34. The van der Waals surface area contributed by atoms with E-state index < -0.39 is 18.0 Å². The quantitative estimate of drug-likeness (QED) is 0.417. The Bertz CT molecular complexity index is 239. The van der Waals surface area contributed by atoms with Crippen LogP contribution in [0.2, 0.25) is 0 Å². The van der Waals surface area contributed by atoms with Crippen molar-refractivity contribution in [3.8, 4) is 0 Å². The summed E-state index contributed by atoms with van der Waals surface area (Å²) < 4.78 is 17.5. The maximum Gasteiger partial charge on any atom is 0.264 e. The highest BCUT2D eigenvalue weighted by Crippen LogP contribution is 2.19. The molecule has 2 heterocycles. The second kappa shape index (κ2) is 2.52. The maximum absolute atomic E-state index is 12.6. The van der Waals surface area contributed by atoms with Crippen LogP contribution < -0.4 is 0 Å². The number of epoxide rings is 1. The molecule has 0 radical (unpaired) electrons. The predicted molar refractivity (Wildman–Crippen MR) is 36.0 cm³/mol. The van der Waals surface area contributed by atoms with Crippen molar-refractivity contribution in [3.05, 3.63) is 0 Å². The third kappa shape index (κ3) is 1.20. The van der Waals surface area contributed by atoms with E-state index in [0.29, 0.717) is 6.61 Å². The molecule has 0 aromatic carbocycles. The Morgan fingerprint density at radius 2 is 2.25 bits per heavy atom. The van der Waals surface area contributed by atoms with Crippen LogP contribution in [0.5, 0.6) is 0 Å². The maximum atomic E-state index is 12.6. The van der Waals surface area contributed by atoms with E-state index in [1.54, 1.807) is 0 Å². The largest absolute Gasteiger partial charge is 0.371 e. The molecule has 2 aliphatic heterocycles. The monoisotopic (exact) mass is 173 g/mol. The number of likely N-dealkylation sites (tertiary alicyclic amines) is 1. The number of rotatable bonds is 2. The molecule has 4 nitrogen and oxygen atoms in total. The summed E-state index contributed by atoms with van der Waals surface area (Å²) >= 11 is 0. The summed E-state index contributed by atoms with van der Waals surface area (Å²) in [5.74, 6) is -1.14. The number of imide groups is 1. The fourth-order valence-electron chi connectivity index (χ4n) is 1.21. The molecular formula is C7H8FNO3. The number of ether oxygens (including phenoxy) is 1. The minimum absolute atomic E-state index is 0.0526. The Hall–Kier alpha value is -0.970. The number of hydrogen-bond acceptors (Lipinski definition) is 3. The van der Waals surface area contributed by atoms with E-state index in [4.69, 9.17) is 4.74 Å². The fourth-order valence-corrected chi connectivity index (χ4v) is 1.21. The SMILES string of the molecule is O=C1CC(F)C(=O)N1CC1CO1. The van der Waals surface area contributed by atoms with Crippen LogP contribution in [-0.2, 0) is 14.3 Å². The normalized spacial score (nSPS) is 34.6. The molecule has 2 saturated heterocycles. The second-order valence-electron chi connectivity index (χ2n) is 2.97. The molecule has 0 saturated carbocycles. The zero-order chi connectivity index (χ0) is 8.72. The average Bonchev–Trinajstić information content (AvgIpc) is 2.77. The number of amides is 2. The summed E-state index contributed by atoms with van der Waals surface area (Å²) in [6, 6.07) is 0. The zero-order valence-corrected chi connectivity index (χ0v) is 6.33. The third-order valence-electron chi connectivity index (χ3n) is 1.98. The van der Waals surface area contributed by atoms with Gasteiger partial charge < -0.3 is 4.74 Å². The minimum atomic E-state index is -1.63. The highest BCUT2D eigenvalue weighted by molar-refractivity contribution is 6.04. The molecule has 0 aromatic heterocycles. The Balaban J connectivity index is 2.02. The smallest absolute Gasteiger partial charge is 0.264 e. The zero-order valence-electron chi connectivity index (χ0n) is 6.33. The highest BCUT2D eigenvalue weighted by atomic mass is 19.1. The predicted octanol–water partition coefficient (Wildman–Crippen LogP) is -0.518. The van der Waals surface area contributed by atoms with Crippen LogP contribution >= 0.6 is 0 Å². The fraction of sp³-hybridized carbons (Fsp3) is 0.714. The van der Waals surface area contributed by atoms with E-state index in [1.165, 1.54) is 0 Å². The van der Waals surface area contributed by atoms with Gasteiger partial charge in [0.2, 0.25) is 5.91 Å². The van der Waals surface area contributed by atoms with Crippen LogP contribution in [-0.4, -0.2) is 42.1 Å². The van der Waals surface area contributed by atoms with E-state index >= 15 is 0 Å². The van der Waals surface area contributed by atoms with Crippen molar-refractivity contribution in [2.24, 2.45) is 0 Å². The van der Waals surface area contributed by atoms with Gasteiger partial charge in [0.05, 0.1) is 25.7 Å². The van der Waals surface area contributed by atoms with E-state index in [1.807, 2.05) is 0 Å². The van der Waals surface area contributed by atoms with Crippen molar-refractivity contribution in [1.29, 1.82) is 0 Å². The number of hydrogen-bond donors (Lipinski definition) is 0. The van der Waals surface area contributed by atoms with Crippen molar-refractivity contribution in [2.45, 2.75) is 18.7 Å². The third-order valence-corrected chi connectivity index (χ3v) is 1.98. The molecule has 0 bridgehead atoms. The van der Waals surface area contributed by atoms with Crippen molar-refractivity contribution in [2.75, 3.05) is 13.2 Å². The molecule has 0 aromatic rings. The molecule has 5 heteroatoms. The van der Waals surface area contributed by atoms with Gasteiger partial charge in [0, 0.05) is 0 Å². The number of alkyl halides is 1. The standard InChI is InChI=1S/C7H8FNO3/c8-5-1-6(10)9(7(5)11)2-4-3-12-4/h4-5H,1-3H2. The summed E-state index contributed by atoms with van der Waals surface area (Å²) in [4.78, 5) is 22.9. The van der Waals surface area contributed by atoms with Crippen LogP contribution in [0.1, 0.15) is 6.42 Å². The van der Waals surface area contributed by atoms with Crippen LogP contribution in [0.3, 0.4) is 0 Å². The van der Waals surface area contributed by atoms with Crippen molar-refractivity contribution in [3.63, 3.8) is 0 Å².